The monoisotopic (exact) mass is 401 g/mol. The van der Waals surface area contributed by atoms with E-state index in [9.17, 15) is 4.79 Å². The molecule has 0 aromatic heterocycles. The van der Waals surface area contributed by atoms with Crippen molar-refractivity contribution in [3.05, 3.63) is 83.0 Å². The van der Waals surface area contributed by atoms with Gasteiger partial charge in [0.25, 0.3) is 0 Å². The van der Waals surface area contributed by atoms with Gasteiger partial charge in [0, 0.05) is 16.3 Å². The van der Waals surface area contributed by atoms with Crippen LogP contribution < -0.4 is 4.74 Å². The van der Waals surface area contributed by atoms with E-state index in [1.807, 2.05) is 30.3 Å². The number of benzene rings is 2. The zero-order valence-electron chi connectivity index (χ0n) is 13.9. The van der Waals surface area contributed by atoms with E-state index in [0.717, 1.165) is 33.0 Å². The molecule has 132 valence electrons. The van der Waals surface area contributed by atoms with Crippen LogP contribution in [0, 0.1) is 0 Å². The summed E-state index contributed by atoms with van der Waals surface area (Å²) in [7, 11) is 0. The molecular weight excluding hydrogens is 386 g/mol. The van der Waals surface area contributed by atoms with E-state index in [0.29, 0.717) is 23.1 Å². The molecule has 0 saturated carbocycles. The molecule has 3 rings (SSSR count). The molecule has 0 radical (unpaired) electrons. The van der Waals surface area contributed by atoms with Crippen LogP contribution in [-0.4, -0.2) is 15.2 Å². The van der Waals surface area contributed by atoms with Crippen molar-refractivity contribution in [2.45, 2.75) is 6.61 Å². The number of thioether (sulfide) groups is 2. The number of carbonyl (C=O) groups is 1. The van der Waals surface area contributed by atoms with Crippen LogP contribution >= 0.6 is 35.1 Å². The molecule has 1 heterocycles. The summed E-state index contributed by atoms with van der Waals surface area (Å²) in [5.41, 5.74) is 2.19. The van der Waals surface area contributed by atoms with E-state index >= 15 is 0 Å². The summed E-state index contributed by atoms with van der Waals surface area (Å²) in [6.45, 7) is 4.11. The molecule has 0 atom stereocenters. The van der Waals surface area contributed by atoms with Crippen LogP contribution in [0.3, 0.4) is 0 Å². The van der Waals surface area contributed by atoms with Crippen molar-refractivity contribution < 1.29 is 9.53 Å². The molecule has 2 aromatic carbocycles. The Bertz CT molecular complexity index is 879. The van der Waals surface area contributed by atoms with Crippen LogP contribution in [-0.2, 0) is 11.4 Å². The first kappa shape index (κ1) is 18.8. The smallest absolute Gasteiger partial charge is 0.244 e. The first-order chi connectivity index (χ1) is 12.7. The summed E-state index contributed by atoms with van der Waals surface area (Å²) >= 11 is 8.76. The molecule has 0 N–H and O–H groups in total. The lowest BCUT2D eigenvalue weighted by atomic mass is 10.1. The van der Waals surface area contributed by atoms with Crippen molar-refractivity contribution in [1.82, 2.24) is 0 Å². The Morgan fingerprint density at radius 3 is 2.81 bits per heavy atom. The summed E-state index contributed by atoms with van der Waals surface area (Å²) < 4.78 is 6.66. The van der Waals surface area contributed by atoms with Gasteiger partial charge in [0.1, 0.15) is 22.4 Å². The van der Waals surface area contributed by atoms with Crippen LogP contribution in [0.4, 0.5) is 0 Å². The third-order valence-electron chi connectivity index (χ3n) is 3.43. The minimum absolute atomic E-state index is 0.0782. The molecule has 26 heavy (non-hydrogen) atoms. The van der Waals surface area contributed by atoms with E-state index in [1.54, 1.807) is 30.4 Å². The lowest BCUT2D eigenvalue weighted by molar-refractivity contribution is -0.107. The third-order valence-corrected chi connectivity index (χ3v) is 5.67. The number of carbonyl (C=O) groups excluding carboxylic acids is 1. The number of hydrogen-bond donors (Lipinski definition) is 0. The number of halogens is 1. The number of ether oxygens (including phenoxy) is 1. The van der Waals surface area contributed by atoms with Gasteiger partial charge in [-0.05, 0) is 41.6 Å². The lowest BCUT2D eigenvalue weighted by Crippen LogP contribution is -1.97. The van der Waals surface area contributed by atoms with Crippen molar-refractivity contribution in [2.24, 2.45) is 4.99 Å². The van der Waals surface area contributed by atoms with Crippen LogP contribution in [0.5, 0.6) is 5.75 Å². The number of hydrogen-bond acceptors (Lipinski definition) is 5. The Morgan fingerprint density at radius 1 is 1.23 bits per heavy atom. The van der Waals surface area contributed by atoms with E-state index in [2.05, 4.69) is 11.6 Å². The third kappa shape index (κ3) is 5.04. The average Bonchev–Trinajstić information content (AvgIpc) is 2.99. The second-order valence-corrected chi connectivity index (χ2v) is 8.02. The van der Waals surface area contributed by atoms with E-state index in [1.165, 1.54) is 11.8 Å². The summed E-state index contributed by atoms with van der Waals surface area (Å²) in [5.74, 6) is 1.38. The largest absolute Gasteiger partial charge is 0.488 e. The van der Waals surface area contributed by atoms with Crippen LogP contribution in [0.25, 0.3) is 6.08 Å². The molecule has 0 aliphatic carbocycles. The van der Waals surface area contributed by atoms with Crippen LogP contribution in [0.2, 0.25) is 5.02 Å². The highest BCUT2D eigenvalue weighted by atomic mass is 35.5. The summed E-state index contributed by atoms with van der Waals surface area (Å²) in [4.78, 5) is 16.6. The van der Waals surface area contributed by atoms with Crippen molar-refractivity contribution in [2.75, 3.05) is 5.75 Å². The summed E-state index contributed by atoms with van der Waals surface area (Å²) in [6, 6.07) is 15.2. The molecule has 2 aromatic rings. The van der Waals surface area contributed by atoms with Gasteiger partial charge in [-0.3, -0.25) is 4.79 Å². The quantitative estimate of drug-likeness (QED) is 0.452. The summed E-state index contributed by atoms with van der Waals surface area (Å²) in [5, 5.41) is 0.498. The maximum absolute atomic E-state index is 12.2. The van der Waals surface area contributed by atoms with Gasteiger partial charge in [-0.25, -0.2) is 4.99 Å². The van der Waals surface area contributed by atoms with Gasteiger partial charge in [-0.15, -0.1) is 6.58 Å². The van der Waals surface area contributed by atoms with Gasteiger partial charge in [-0.1, -0.05) is 59.8 Å². The highest BCUT2D eigenvalue weighted by Gasteiger charge is 2.22. The van der Waals surface area contributed by atoms with Gasteiger partial charge in [-0.2, -0.15) is 0 Å². The molecule has 1 aliphatic heterocycles. The normalized spacial score (nSPS) is 15.2. The Kier molecular flexibility index (Phi) is 6.61. The highest BCUT2D eigenvalue weighted by molar-refractivity contribution is 8.45. The molecule has 3 nitrogen and oxygen atoms in total. The molecule has 0 saturated heterocycles. The predicted octanol–water partition coefficient (Wildman–Crippen LogP) is 5.81. The zero-order valence-corrected chi connectivity index (χ0v) is 16.2. The second-order valence-electron chi connectivity index (χ2n) is 5.35. The lowest BCUT2D eigenvalue weighted by Gasteiger charge is -2.10. The fourth-order valence-electron chi connectivity index (χ4n) is 2.23. The molecule has 0 amide bonds. The van der Waals surface area contributed by atoms with Gasteiger partial charge in [0.2, 0.25) is 5.12 Å². The molecule has 0 fully saturated rings. The number of rotatable bonds is 6. The van der Waals surface area contributed by atoms with Gasteiger partial charge in [0.15, 0.2) is 0 Å². The fourth-order valence-corrected chi connectivity index (χ4v) is 4.01. The first-order valence-electron chi connectivity index (χ1n) is 7.88. The average molecular weight is 402 g/mol. The standard InChI is InChI=1S/C20H16ClNO2S2/c1-2-10-25-20-22-17(19(23)26-20)12-15-11-16(21)8-9-18(15)24-13-14-6-4-3-5-7-14/h2-9,11-12H,1,10,13H2/b17-12+. The van der Waals surface area contributed by atoms with E-state index < -0.39 is 0 Å². The van der Waals surface area contributed by atoms with Crippen molar-refractivity contribution in [3.63, 3.8) is 0 Å². The van der Waals surface area contributed by atoms with E-state index in [4.69, 9.17) is 16.3 Å². The minimum Gasteiger partial charge on any atom is -0.488 e. The molecule has 6 heteroatoms. The van der Waals surface area contributed by atoms with Crippen molar-refractivity contribution >= 4 is 50.7 Å². The molecule has 0 spiro atoms. The zero-order chi connectivity index (χ0) is 18.4. The Labute approximate surface area is 166 Å². The fraction of sp³-hybridized carbons (Fsp3) is 0.100. The number of nitrogens with zero attached hydrogens (tertiary/aromatic N) is 1. The topological polar surface area (TPSA) is 38.7 Å². The van der Waals surface area contributed by atoms with Gasteiger partial charge < -0.3 is 4.74 Å². The maximum atomic E-state index is 12.2. The van der Waals surface area contributed by atoms with E-state index in [-0.39, 0.29) is 5.12 Å². The highest BCUT2D eigenvalue weighted by Crippen LogP contribution is 2.33. The first-order valence-corrected chi connectivity index (χ1v) is 10.1. The molecule has 1 aliphatic rings. The summed E-state index contributed by atoms with van der Waals surface area (Å²) in [6.07, 6.45) is 3.51. The molecule has 0 unspecified atom stereocenters. The second kappa shape index (κ2) is 9.12. The molecular formula is C20H16ClNO2S2. The Balaban J connectivity index is 1.82. The number of aliphatic imine (C=N–C) groups is 1. The Morgan fingerprint density at radius 2 is 2.04 bits per heavy atom. The Hall–Kier alpha value is -1.95. The SMILES string of the molecule is C=CCSC1=N/C(=C/c2cc(Cl)ccc2OCc2ccccc2)C(=O)S1. The van der Waals surface area contributed by atoms with Crippen LogP contribution in [0.15, 0.2) is 71.9 Å². The predicted molar refractivity (Wildman–Crippen MR) is 113 cm³/mol. The minimum atomic E-state index is -0.0782. The van der Waals surface area contributed by atoms with Crippen molar-refractivity contribution in [1.29, 1.82) is 0 Å². The maximum Gasteiger partial charge on any atom is 0.244 e. The molecule has 0 bridgehead atoms. The van der Waals surface area contributed by atoms with Gasteiger partial charge in [0.05, 0.1) is 0 Å². The van der Waals surface area contributed by atoms with Crippen LogP contribution in [0.1, 0.15) is 11.1 Å². The van der Waals surface area contributed by atoms with Crippen molar-refractivity contribution in [3.8, 4) is 5.75 Å². The van der Waals surface area contributed by atoms with Gasteiger partial charge >= 0.3 is 0 Å².